The lowest BCUT2D eigenvalue weighted by atomic mass is 9.97. The third-order valence-electron chi connectivity index (χ3n) is 4.86. The highest BCUT2D eigenvalue weighted by molar-refractivity contribution is 7.89. The fraction of sp³-hybridized carbons (Fsp3) is 0.444. The Morgan fingerprint density at radius 3 is 2.61 bits per heavy atom. The normalized spacial score (nSPS) is 15.6. The summed E-state index contributed by atoms with van der Waals surface area (Å²) >= 11 is 1.10. The summed E-state index contributed by atoms with van der Waals surface area (Å²) in [5.41, 5.74) is 1.00. The van der Waals surface area contributed by atoms with Crippen molar-refractivity contribution in [2.45, 2.75) is 31.6 Å². The van der Waals surface area contributed by atoms with Crippen LogP contribution in [0.2, 0.25) is 0 Å². The molecule has 3 rings (SSSR count). The van der Waals surface area contributed by atoms with Gasteiger partial charge in [-0.2, -0.15) is 0 Å². The molecule has 0 unspecified atom stereocenters. The van der Waals surface area contributed by atoms with Gasteiger partial charge in [0.05, 0.1) is 10.6 Å². The van der Waals surface area contributed by atoms with E-state index in [9.17, 15) is 18.0 Å². The number of amides is 1. The van der Waals surface area contributed by atoms with Crippen molar-refractivity contribution in [3.8, 4) is 0 Å². The molecule has 1 amide bonds. The molecule has 2 aromatic rings. The van der Waals surface area contributed by atoms with Gasteiger partial charge in [-0.15, -0.1) is 5.10 Å². The lowest BCUT2D eigenvalue weighted by molar-refractivity contribution is 0.0695. The van der Waals surface area contributed by atoms with Crippen LogP contribution in [-0.2, 0) is 10.0 Å². The number of ketones is 1. The topological polar surface area (TPSA) is 109 Å². The summed E-state index contributed by atoms with van der Waals surface area (Å²) in [5.74, 6) is -0.0939. The van der Waals surface area contributed by atoms with Crippen molar-refractivity contribution >= 4 is 33.2 Å². The fourth-order valence-corrected chi connectivity index (χ4v) is 4.89. The third-order valence-corrected chi connectivity index (χ3v) is 7.10. The molecule has 1 N–H and O–H groups in total. The van der Waals surface area contributed by atoms with Crippen molar-refractivity contribution < 1.29 is 18.0 Å². The predicted molar refractivity (Wildman–Crippen MR) is 105 cm³/mol. The molecule has 0 bridgehead atoms. The number of carbonyl (C=O) groups is 2. The van der Waals surface area contributed by atoms with Crippen LogP contribution in [0.3, 0.4) is 0 Å². The van der Waals surface area contributed by atoms with E-state index in [1.54, 1.807) is 24.0 Å². The maximum Gasteiger partial charge on any atom is 0.267 e. The molecule has 2 heterocycles. The number of hydrogen-bond acceptors (Lipinski definition) is 7. The molecule has 1 fully saturated rings. The molecule has 28 heavy (non-hydrogen) atoms. The van der Waals surface area contributed by atoms with Crippen LogP contribution in [-0.4, -0.2) is 54.2 Å². The third kappa shape index (κ3) is 4.62. The monoisotopic (exact) mass is 422 g/mol. The Balaban J connectivity index is 1.55. The highest BCUT2D eigenvalue weighted by Gasteiger charge is 2.27. The highest BCUT2D eigenvalue weighted by atomic mass is 32.2. The van der Waals surface area contributed by atoms with E-state index >= 15 is 0 Å². The van der Waals surface area contributed by atoms with E-state index in [1.165, 1.54) is 19.1 Å². The Hall–Kier alpha value is -2.17. The van der Waals surface area contributed by atoms with Crippen LogP contribution in [0.25, 0.3) is 0 Å². The number of hydrogen-bond donors (Lipinski definition) is 1. The zero-order chi connectivity index (χ0) is 20.3. The second-order valence-electron chi connectivity index (χ2n) is 6.86. The van der Waals surface area contributed by atoms with Crippen molar-refractivity contribution in [1.82, 2.24) is 19.2 Å². The van der Waals surface area contributed by atoms with Gasteiger partial charge in [0, 0.05) is 25.2 Å². The predicted octanol–water partition coefficient (Wildman–Crippen LogP) is 1.88. The second kappa shape index (κ2) is 8.46. The zero-order valence-corrected chi connectivity index (χ0v) is 17.3. The molecular weight excluding hydrogens is 400 g/mol. The molecule has 0 aliphatic carbocycles. The number of sulfonamides is 1. The summed E-state index contributed by atoms with van der Waals surface area (Å²) < 4.78 is 31.5. The fourth-order valence-electron chi connectivity index (χ4n) is 3.10. The van der Waals surface area contributed by atoms with E-state index in [1.807, 2.05) is 0 Å². The minimum atomic E-state index is -3.68. The Labute approximate surface area is 168 Å². The van der Waals surface area contributed by atoms with E-state index in [0.29, 0.717) is 48.6 Å². The molecule has 1 saturated heterocycles. The van der Waals surface area contributed by atoms with E-state index in [0.717, 1.165) is 11.5 Å². The number of rotatable bonds is 6. The van der Waals surface area contributed by atoms with Crippen LogP contribution in [0.5, 0.6) is 0 Å². The molecule has 150 valence electrons. The van der Waals surface area contributed by atoms with Crippen LogP contribution < -0.4 is 4.72 Å². The van der Waals surface area contributed by atoms with Gasteiger partial charge in [-0.3, -0.25) is 9.59 Å². The number of piperidine rings is 1. The minimum Gasteiger partial charge on any atom is -0.338 e. The van der Waals surface area contributed by atoms with Crippen molar-refractivity contribution in [1.29, 1.82) is 0 Å². The summed E-state index contributed by atoms with van der Waals surface area (Å²) in [4.78, 5) is 26.4. The quantitative estimate of drug-likeness (QED) is 0.712. The van der Waals surface area contributed by atoms with Crippen molar-refractivity contribution in [2.24, 2.45) is 5.92 Å². The molecule has 1 aromatic heterocycles. The largest absolute Gasteiger partial charge is 0.338 e. The number of Topliss-reactive ketones (excluding diaryl/α,β-unsaturated/α-hetero) is 1. The summed E-state index contributed by atoms with van der Waals surface area (Å²) in [7, 11) is -3.68. The van der Waals surface area contributed by atoms with E-state index in [-0.39, 0.29) is 22.5 Å². The lowest BCUT2D eigenvalue weighted by Crippen LogP contribution is -2.41. The molecule has 0 saturated carbocycles. The van der Waals surface area contributed by atoms with E-state index in [4.69, 9.17) is 0 Å². The molecule has 1 aliphatic rings. The van der Waals surface area contributed by atoms with Gasteiger partial charge in [0.25, 0.3) is 5.91 Å². The molecule has 0 spiro atoms. The van der Waals surface area contributed by atoms with Crippen LogP contribution in [0, 0.1) is 12.8 Å². The number of carbonyl (C=O) groups excluding carboxylic acids is 2. The summed E-state index contributed by atoms with van der Waals surface area (Å²) in [5, 5.41) is 3.87. The van der Waals surface area contributed by atoms with Crippen molar-refractivity contribution in [3.63, 3.8) is 0 Å². The van der Waals surface area contributed by atoms with E-state index < -0.39 is 10.0 Å². The van der Waals surface area contributed by atoms with Gasteiger partial charge in [0.2, 0.25) is 10.0 Å². The number of nitrogens with one attached hydrogen (secondary N) is 1. The Morgan fingerprint density at radius 2 is 2.00 bits per heavy atom. The van der Waals surface area contributed by atoms with Gasteiger partial charge in [-0.1, -0.05) is 16.6 Å². The first-order valence-electron chi connectivity index (χ1n) is 8.97. The lowest BCUT2D eigenvalue weighted by Gasteiger charge is -2.31. The molecule has 0 atom stereocenters. The van der Waals surface area contributed by atoms with Crippen molar-refractivity contribution in [3.05, 3.63) is 40.4 Å². The first kappa shape index (κ1) is 20.6. The number of aromatic nitrogens is 2. The summed E-state index contributed by atoms with van der Waals surface area (Å²) in [6, 6.07) is 6.01. The Bertz CT molecular complexity index is 979. The smallest absolute Gasteiger partial charge is 0.267 e. The average molecular weight is 423 g/mol. The molecule has 1 aliphatic heterocycles. The highest BCUT2D eigenvalue weighted by Crippen LogP contribution is 2.21. The average Bonchev–Trinajstić information content (AvgIpc) is 3.12. The molecule has 0 radical (unpaired) electrons. The number of benzene rings is 1. The van der Waals surface area contributed by atoms with Gasteiger partial charge < -0.3 is 4.90 Å². The summed E-state index contributed by atoms with van der Waals surface area (Å²) in [6.45, 7) is 4.61. The maximum absolute atomic E-state index is 12.5. The van der Waals surface area contributed by atoms with Crippen LogP contribution in [0.15, 0.2) is 29.2 Å². The van der Waals surface area contributed by atoms with Gasteiger partial charge in [0.15, 0.2) is 5.78 Å². The van der Waals surface area contributed by atoms with Gasteiger partial charge >= 0.3 is 0 Å². The SMILES string of the molecule is CC(=O)c1cccc(S(=O)(=O)NCC2CCN(C(=O)c3snnc3C)CC2)c1. The van der Waals surface area contributed by atoms with E-state index in [2.05, 4.69) is 14.3 Å². The van der Waals surface area contributed by atoms with Crippen molar-refractivity contribution in [2.75, 3.05) is 19.6 Å². The van der Waals surface area contributed by atoms with Gasteiger partial charge in [-0.25, -0.2) is 13.1 Å². The minimum absolute atomic E-state index is 0.0624. The molecule has 10 heteroatoms. The Kier molecular flexibility index (Phi) is 6.21. The van der Waals surface area contributed by atoms with Crippen LogP contribution in [0.4, 0.5) is 0 Å². The first-order chi connectivity index (χ1) is 13.3. The number of aryl methyl sites for hydroxylation is 1. The Morgan fingerprint density at radius 1 is 1.29 bits per heavy atom. The maximum atomic E-state index is 12.5. The standard InChI is InChI=1S/C18H22N4O4S2/c1-12-17(27-21-20-12)18(24)22-8-6-14(7-9-22)11-19-28(25,26)16-5-3-4-15(10-16)13(2)23/h3-5,10,14,19H,6-9,11H2,1-2H3. The van der Waals surface area contributed by atoms with Gasteiger partial charge in [-0.05, 0) is 56.3 Å². The van der Waals surface area contributed by atoms with Crippen LogP contribution >= 0.6 is 11.5 Å². The molecule has 8 nitrogen and oxygen atoms in total. The molecular formula is C18H22N4O4S2. The zero-order valence-electron chi connectivity index (χ0n) is 15.7. The number of likely N-dealkylation sites (tertiary alicyclic amines) is 1. The van der Waals surface area contributed by atoms with Gasteiger partial charge in [0.1, 0.15) is 4.88 Å². The second-order valence-corrected chi connectivity index (χ2v) is 9.38. The summed E-state index contributed by atoms with van der Waals surface area (Å²) in [6.07, 6.45) is 1.43. The molecule has 1 aromatic carbocycles. The van der Waals surface area contributed by atoms with Crippen LogP contribution in [0.1, 0.15) is 45.5 Å². The number of nitrogens with zero attached hydrogens (tertiary/aromatic N) is 3. The first-order valence-corrected chi connectivity index (χ1v) is 11.2.